The average molecular weight is 619 g/mol. The molecule has 2 heterocycles. The van der Waals surface area contributed by atoms with Crippen molar-refractivity contribution in [2.24, 2.45) is 34.0 Å². The van der Waals surface area contributed by atoms with E-state index in [2.05, 4.69) is 123 Å². The van der Waals surface area contributed by atoms with Gasteiger partial charge in [-0.3, -0.25) is 0 Å². The van der Waals surface area contributed by atoms with Crippen molar-refractivity contribution in [1.82, 2.24) is 0 Å². The lowest BCUT2D eigenvalue weighted by Gasteiger charge is -2.36. The Morgan fingerprint density at radius 2 is 0.976 bits per heavy atom. The molecule has 0 aromatic carbocycles. The summed E-state index contributed by atoms with van der Waals surface area (Å²) in [6.45, 7) is 37.9. The molecule has 0 saturated carbocycles. The number of rotatable bonds is 14. The van der Waals surface area contributed by atoms with E-state index in [1.807, 2.05) is 11.3 Å². The Bertz CT molecular complexity index is 881. The first kappa shape index (κ1) is 38.1. The maximum atomic E-state index is 6.54. The molecule has 0 amide bonds. The van der Waals surface area contributed by atoms with Crippen LogP contribution in [-0.2, 0) is 9.31 Å². The van der Waals surface area contributed by atoms with E-state index in [1.165, 1.54) is 61.4 Å². The van der Waals surface area contributed by atoms with Gasteiger partial charge in [-0.05, 0) is 85.5 Å². The van der Waals surface area contributed by atoms with Gasteiger partial charge in [-0.1, -0.05) is 133 Å². The van der Waals surface area contributed by atoms with E-state index >= 15 is 0 Å². The fourth-order valence-corrected chi connectivity index (χ4v) is 15.4. The Labute approximate surface area is 269 Å². The Hall–Kier alpha value is -0.0982. The zero-order chi connectivity index (χ0) is 32.4. The molecule has 3 unspecified atom stereocenters. The molecule has 2 nitrogen and oxygen atoms in total. The summed E-state index contributed by atoms with van der Waals surface area (Å²) in [5.41, 5.74) is 0.559. The van der Waals surface area contributed by atoms with Crippen LogP contribution in [0.4, 0.5) is 0 Å². The normalized spacial score (nSPS) is 21.3. The van der Waals surface area contributed by atoms with Crippen molar-refractivity contribution in [3.8, 4) is 0 Å². The summed E-state index contributed by atoms with van der Waals surface area (Å²) < 4.78 is 16.1. The first-order chi connectivity index (χ1) is 18.8. The maximum absolute atomic E-state index is 6.54. The standard InChI is InChI=1S/C37H71BO2SSi/c1-28(25-33(4,5)6)19-22-42(23-20-29(2)26-34(7,8)9,24-21-30(3)27-35(10,11)12)32-18-17-31(41-32)38-39-36(13,14)37(15,16)40-38/h17-18,28-30H,19-27H2,1-16H3. The van der Waals surface area contributed by atoms with Crippen LogP contribution in [0.2, 0.25) is 18.1 Å². The van der Waals surface area contributed by atoms with Crippen LogP contribution in [0.1, 0.15) is 149 Å². The lowest BCUT2D eigenvalue weighted by Crippen LogP contribution is -2.47. The summed E-state index contributed by atoms with van der Waals surface area (Å²) in [5, 5.41) is 0. The first-order valence-electron chi connectivity index (χ1n) is 17.3. The lowest BCUT2D eigenvalue weighted by atomic mass is 9.84. The average Bonchev–Trinajstić information content (AvgIpc) is 3.32. The fraction of sp³-hybridized carbons (Fsp3) is 0.892. The molecule has 1 fully saturated rings. The molecule has 1 aliphatic rings. The maximum Gasteiger partial charge on any atom is 0.505 e. The predicted octanol–water partition coefficient (Wildman–Crippen LogP) is 11.1. The monoisotopic (exact) mass is 619 g/mol. The molecule has 1 aromatic heterocycles. The molecule has 0 aliphatic carbocycles. The molecule has 1 aromatic rings. The third kappa shape index (κ3) is 12.0. The highest BCUT2D eigenvalue weighted by Gasteiger charge is 2.52. The van der Waals surface area contributed by atoms with Gasteiger partial charge < -0.3 is 9.31 Å². The van der Waals surface area contributed by atoms with Crippen LogP contribution in [0, 0.1) is 34.0 Å². The highest BCUT2D eigenvalue weighted by atomic mass is 32.1. The first-order valence-corrected chi connectivity index (χ1v) is 20.7. The lowest BCUT2D eigenvalue weighted by molar-refractivity contribution is 0.00578. The summed E-state index contributed by atoms with van der Waals surface area (Å²) in [7, 11) is -2.03. The number of hydrogen-bond donors (Lipinski definition) is 0. The second-order valence-electron chi connectivity index (χ2n) is 19.3. The van der Waals surface area contributed by atoms with E-state index in [9.17, 15) is 0 Å². The Kier molecular flexibility index (Phi) is 12.8. The molecular formula is C37H71BO2SSi. The molecule has 0 N–H and O–H groups in total. The smallest absolute Gasteiger partial charge is 0.399 e. The van der Waals surface area contributed by atoms with Gasteiger partial charge in [0, 0.05) is 4.78 Å². The Morgan fingerprint density at radius 1 is 0.643 bits per heavy atom. The van der Waals surface area contributed by atoms with Crippen LogP contribution in [0.25, 0.3) is 0 Å². The van der Waals surface area contributed by atoms with Crippen molar-refractivity contribution in [2.45, 2.75) is 179 Å². The third-order valence-electron chi connectivity index (χ3n) is 9.86. The number of hydrogen-bond acceptors (Lipinski definition) is 3. The van der Waals surface area contributed by atoms with E-state index in [0.717, 1.165) is 17.8 Å². The summed E-state index contributed by atoms with van der Waals surface area (Å²) in [4.78, 5) is 0. The molecule has 0 bridgehead atoms. The van der Waals surface area contributed by atoms with Crippen LogP contribution in [0.15, 0.2) is 12.1 Å². The summed E-state index contributed by atoms with van der Waals surface area (Å²) in [6, 6.07) is 9.13. The highest BCUT2D eigenvalue weighted by Crippen LogP contribution is 2.39. The summed E-state index contributed by atoms with van der Waals surface area (Å²) in [6.07, 6.45) is 7.99. The molecule has 42 heavy (non-hydrogen) atoms. The second-order valence-corrected chi connectivity index (χ2v) is 25.4. The van der Waals surface area contributed by atoms with Crippen LogP contribution in [0.5, 0.6) is 0 Å². The largest absolute Gasteiger partial charge is 0.505 e. The van der Waals surface area contributed by atoms with Crippen LogP contribution < -0.4 is 9.28 Å². The van der Waals surface area contributed by atoms with Gasteiger partial charge in [-0.2, -0.15) is 11.3 Å². The summed E-state index contributed by atoms with van der Waals surface area (Å²) in [5.74, 6) is 2.29. The van der Waals surface area contributed by atoms with Crippen molar-refractivity contribution in [2.75, 3.05) is 0 Å². The topological polar surface area (TPSA) is 18.5 Å². The van der Waals surface area contributed by atoms with Gasteiger partial charge in [0.25, 0.3) is 0 Å². The van der Waals surface area contributed by atoms with Gasteiger partial charge in [-0.25, -0.2) is 0 Å². The minimum absolute atomic E-state index is 0.250. The van der Waals surface area contributed by atoms with Crippen molar-refractivity contribution in [1.29, 1.82) is 0 Å². The molecule has 1 saturated heterocycles. The van der Waals surface area contributed by atoms with E-state index < -0.39 is 8.07 Å². The molecule has 5 heteroatoms. The van der Waals surface area contributed by atoms with Crippen LogP contribution in [-0.4, -0.2) is 26.4 Å². The fourth-order valence-electron chi connectivity index (χ4n) is 7.48. The molecule has 244 valence electrons. The molecular weight excluding hydrogens is 547 g/mol. The zero-order valence-electron chi connectivity index (χ0n) is 31.1. The van der Waals surface area contributed by atoms with Gasteiger partial charge >= 0.3 is 7.12 Å². The van der Waals surface area contributed by atoms with E-state index in [-0.39, 0.29) is 18.3 Å². The van der Waals surface area contributed by atoms with Crippen molar-refractivity contribution in [3.05, 3.63) is 12.1 Å². The van der Waals surface area contributed by atoms with E-state index in [1.54, 1.807) is 4.50 Å². The third-order valence-corrected chi connectivity index (χ3v) is 17.3. The highest BCUT2D eigenvalue weighted by molar-refractivity contribution is 7.33. The Morgan fingerprint density at radius 3 is 1.29 bits per heavy atom. The van der Waals surface area contributed by atoms with Gasteiger partial charge in [0.15, 0.2) is 0 Å². The SMILES string of the molecule is CC(CC[Si](CCC(C)CC(C)(C)C)(CCC(C)CC(C)(C)C)c1ccc(B2OC(C)(C)C(C)(C)O2)s1)CC(C)(C)C. The van der Waals surface area contributed by atoms with Crippen LogP contribution >= 0.6 is 11.3 Å². The quantitative estimate of drug-likeness (QED) is 0.193. The van der Waals surface area contributed by atoms with Crippen molar-refractivity contribution >= 4 is 35.8 Å². The van der Waals surface area contributed by atoms with Crippen molar-refractivity contribution < 1.29 is 9.31 Å². The molecule has 3 atom stereocenters. The zero-order valence-corrected chi connectivity index (χ0v) is 32.9. The Balaban J connectivity index is 2.46. The van der Waals surface area contributed by atoms with Gasteiger partial charge in [0.1, 0.15) is 0 Å². The number of thiophene rings is 1. The van der Waals surface area contributed by atoms with Crippen molar-refractivity contribution in [3.63, 3.8) is 0 Å². The second kappa shape index (κ2) is 14.1. The molecule has 0 spiro atoms. The molecule has 2 rings (SSSR count). The van der Waals surface area contributed by atoms with E-state index in [0.29, 0.717) is 16.2 Å². The van der Waals surface area contributed by atoms with Crippen LogP contribution in [0.3, 0.4) is 0 Å². The van der Waals surface area contributed by atoms with Gasteiger partial charge in [0.2, 0.25) is 0 Å². The molecule has 0 radical (unpaired) electrons. The van der Waals surface area contributed by atoms with Gasteiger partial charge in [-0.15, -0.1) is 0 Å². The minimum atomic E-state index is -1.78. The van der Waals surface area contributed by atoms with E-state index in [4.69, 9.17) is 9.31 Å². The summed E-state index contributed by atoms with van der Waals surface area (Å²) >= 11 is 2.04. The van der Waals surface area contributed by atoms with Gasteiger partial charge in [0.05, 0.1) is 19.3 Å². The molecule has 1 aliphatic heterocycles. The predicted molar refractivity (Wildman–Crippen MR) is 193 cm³/mol. The minimum Gasteiger partial charge on any atom is -0.399 e.